The number of hydrogen-bond acceptors (Lipinski definition) is 0. The van der Waals surface area contributed by atoms with Gasteiger partial charge in [-0.2, -0.15) is 0 Å². The lowest BCUT2D eigenvalue weighted by molar-refractivity contribution is 0.832. The molecular weight excluding hydrogens is 301 g/mol. The van der Waals surface area contributed by atoms with Crippen LogP contribution in [0.5, 0.6) is 0 Å². The predicted octanol–water partition coefficient (Wildman–Crippen LogP) is 5.20. The normalized spacial score (nSPS) is 11.8. The first-order valence-electron chi connectivity index (χ1n) is 5.99. The van der Waals surface area contributed by atoms with Crippen LogP contribution in [0.25, 0.3) is 4.90 Å². The lowest BCUT2D eigenvalue weighted by Crippen LogP contribution is -2.01. The van der Waals surface area contributed by atoms with Gasteiger partial charge in [0.15, 0.2) is 5.15 Å². The molecule has 2 aromatic rings. The van der Waals surface area contributed by atoms with Crippen LogP contribution in [0.15, 0.2) is 5.38 Å². The van der Waals surface area contributed by atoms with Gasteiger partial charge in [-0.15, -0.1) is 0 Å². The Morgan fingerprint density at radius 1 is 0.947 bits per heavy atom. The second kappa shape index (κ2) is 5.27. The molecule has 1 aromatic heterocycles. The van der Waals surface area contributed by atoms with Gasteiger partial charge >= 0.3 is 0 Å². The molecule has 0 saturated carbocycles. The van der Waals surface area contributed by atoms with E-state index in [2.05, 4.69) is 44.2 Å². The third-order valence-corrected chi connectivity index (χ3v) is 6.25. The Kier molecular flexibility index (Phi) is 4.04. The highest BCUT2D eigenvalue weighted by Gasteiger charge is 2.22. The number of aromatic amines is 2. The lowest BCUT2D eigenvalue weighted by Gasteiger charge is -2.13. The SMILES string of the molecule is Cc1c(C)c(C)c(-[s+]2cc(Cl)[nH]n(Cl)[nH]2)c(C)c1C. The van der Waals surface area contributed by atoms with Gasteiger partial charge in [-0.05, 0) is 51.3 Å². The van der Waals surface area contributed by atoms with Gasteiger partial charge in [-0.3, -0.25) is 5.10 Å². The second-order valence-electron chi connectivity index (χ2n) is 4.74. The van der Waals surface area contributed by atoms with Crippen LogP contribution in [-0.4, -0.2) is 13.9 Å². The average Bonchev–Trinajstić information content (AvgIpc) is 2.33. The second-order valence-corrected chi connectivity index (χ2v) is 6.99. The van der Waals surface area contributed by atoms with Gasteiger partial charge in [0.25, 0.3) is 0 Å². The average molecular weight is 319 g/mol. The van der Waals surface area contributed by atoms with Crippen molar-refractivity contribution in [3.63, 3.8) is 0 Å². The summed E-state index contributed by atoms with van der Waals surface area (Å²) in [7, 11) is -0.333. The Balaban J connectivity index is 2.82. The molecule has 19 heavy (non-hydrogen) atoms. The van der Waals surface area contributed by atoms with Crippen LogP contribution in [0.1, 0.15) is 27.8 Å². The topological polar surface area (TPSA) is 36.5 Å². The predicted molar refractivity (Wildman–Crippen MR) is 84.5 cm³/mol. The lowest BCUT2D eigenvalue weighted by atomic mass is 9.95. The van der Waals surface area contributed by atoms with E-state index in [4.69, 9.17) is 23.4 Å². The number of rotatable bonds is 1. The van der Waals surface area contributed by atoms with Crippen LogP contribution in [-0.2, 0) is 0 Å². The van der Waals surface area contributed by atoms with Crippen molar-refractivity contribution >= 4 is 34.0 Å². The molecule has 104 valence electrons. The fraction of sp³-hybridized carbons (Fsp3) is 0.385. The van der Waals surface area contributed by atoms with E-state index in [9.17, 15) is 0 Å². The summed E-state index contributed by atoms with van der Waals surface area (Å²) in [6.07, 6.45) is 0. The monoisotopic (exact) mass is 318 g/mol. The molecule has 0 saturated heterocycles. The number of benzene rings is 1. The zero-order valence-corrected chi connectivity index (χ0v) is 14.0. The van der Waals surface area contributed by atoms with Crippen molar-refractivity contribution in [3.05, 3.63) is 38.4 Å². The van der Waals surface area contributed by atoms with Gasteiger partial charge in [-0.1, -0.05) is 20.4 Å². The summed E-state index contributed by atoms with van der Waals surface area (Å²) in [6.45, 7) is 10.8. The molecule has 3 nitrogen and oxygen atoms in total. The first kappa shape index (κ1) is 14.6. The number of H-pyrrole nitrogens is 2. The highest BCUT2D eigenvalue weighted by Crippen LogP contribution is 2.38. The molecule has 1 unspecified atom stereocenters. The van der Waals surface area contributed by atoms with E-state index in [0.29, 0.717) is 5.15 Å². The van der Waals surface area contributed by atoms with Crippen LogP contribution in [0.4, 0.5) is 0 Å². The third kappa shape index (κ3) is 2.57. The molecule has 0 fully saturated rings. The van der Waals surface area contributed by atoms with Crippen molar-refractivity contribution in [1.82, 2.24) is 13.9 Å². The number of aromatic nitrogens is 3. The Bertz CT molecular complexity index is 622. The van der Waals surface area contributed by atoms with Gasteiger partial charge < -0.3 is 0 Å². The first-order chi connectivity index (χ1) is 8.82. The maximum Gasteiger partial charge on any atom is 0.208 e. The van der Waals surface area contributed by atoms with Crippen molar-refractivity contribution in [1.29, 1.82) is 0 Å². The van der Waals surface area contributed by atoms with E-state index in [1.807, 2.05) is 5.38 Å². The minimum Gasteiger partial charge on any atom is -0.250 e. The zero-order valence-electron chi connectivity index (χ0n) is 11.7. The van der Waals surface area contributed by atoms with Crippen LogP contribution in [0.2, 0.25) is 5.15 Å². The Morgan fingerprint density at radius 2 is 1.42 bits per heavy atom. The molecular formula is C13H18Cl2N3S+. The minimum atomic E-state index is -0.333. The summed E-state index contributed by atoms with van der Waals surface area (Å²) in [5.74, 6) is 0. The smallest absolute Gasteiger partial charge is 0.208 e. The number of nitrogens with one attached hydrogen (secondary N) is 2. The van der Waals surface area contributed by atoms with Crippen LogP contribution in [0.3, 0.4) is 0 Å². The molecule has 1 atom stereocenters. The molecule has 0 bridgehead atoms. The number of hydrogen-bond donors (Lipinski definition) is 2. The molecule has 0 aliphatic carbocycles. The summed E-state index contributed by atoms with van der Waals surface area (Å²) >= 11 is 12.0. The molecule has 0 amide bonds. The van der Waals surface area contributed by atoms with Crippen LogP contribution < -0.4 is 0 Å². The van der Waals surface area contributed by atoms with Gasteiger partial charge in [0, 0.05) is 11.1 Å². The molecule has 1 aromatic carbocycles. The summed E-state index contributed by atoms with van der Waals surface area (Å²) in [5.41, 5.74) is 6.61. The fourth-order valence-corrected chi connectivity index (χ4v) is 4.67. The Hall–Kier alpha value is -0.840. The summed E-state index contributed by atoms with van der Waals surface area (Å²) in [6, 6.07) is 0. The molecule has 0 spiro atoms. The quantitative estimate of drug-likeness (QED) is 0.678. The van der Waals surface area contributed by atoms with Crippen molar-refractivity contribution in [2.75, 3.05) is 0 Å². The molecule has 0 aliphatic heterocycles. The van der Waals surface area contributed by atoms with Crippen LogP contribution >= 0.6 is 34.0 Å². The number of nitrogens with zero attached hydrogens (tertiary/aromatic N) is 1. The van der Waals surface area contributed by atoms with Gasteiger partial charge in [0.2, 0.25) is 10.3 Å². The van der Waals surface area contributed by atoms with E-state index < -0.39 is 0 Å². The molecule has 6 heteroatoms. The third-order valence-electron chi connectivity index (χ3n) is 3.76. The molecule has 0 radical (unpaired) electrons. The maximum atomic E-state index is 6.06. The Labute approximate surface area is 126 Å². The molecule has 1 heterocycles. The highest BCUT2D eigenvalue weighted by molar-refractivity contribution is 7.33. The summed E-state index contributed by atoms with van der Waals surface area (Å²) < 4.78 is 4.46. The van der Waals surface area contributed by atoms with E-state index >= 15 is 0 Å². The van der Waals surface area contributed by atoms with E-state index in [-0.39, 0.29) is 10.7 Å². The molecule has 2 rings (SSSR count). The van der Waals surface area contributed by atoms with E-state index in [0.717, 1.165) is 0 Å². The van der Waals surface area contributed by atoms with E-state index in [1.54, 1.807) is 0 Å². The van der Waals surface area contributed by atoms with Crippen molar-refractivity contribution < 1.29 is 0 Å². The fourth-order valence-electron chi connectivity index (χ4n) is 2.26. The van der Waals surface area contributed by atoms with Crippen LogP contribution in [0, 0.1) is 34.6 Å². The van der Waals surface area contributed by atoms with Crippen molar-refractivity contribution in [2.24, 2.45) is 0 Å². The van der Waals surface area contributed by atoms with Crippen molar-refractivity contribution in [3.8, 4) is 4.90 Å². The van der Waals surface area contributed by atoms with Gasteiger partial charge in [0.05, 0.1) is 11.8 Å². The van der Waals surface area contributed by atoms with Gasteiger partial charge in [-0.25, -0.2) is 0 Å². The Morgan fingerprint density at radius 3 is 1.89 bits per heavy atom. The highest BCUT2D eigenvalue weighted by atomic mass is 35.5. The van der Waals surface area contributed by atoms with Gasteiger partial charge in [0.1, 0.15) is 10.7 Å². The largest absolute Gasteiger partial charge is 0.250 e. The standard InChI is InChI=1S/C13H18Cl2N3S/c1-7-8(2)10(4)13(11(5)9(7)3)19-6-12(14)16-18(15)17-19/h6,16-17H,1-5H3/q+1. The molecule has 2 N–H and O–H groups in total. The van der Waals surface area contributed by atoms with E-state index in [1.165, 1.54) is 37.0 Å². The maximum absolute atomic E-state index is 6.06. The first-order valence-corrected chi connectivity index (χ1v) is 7.99. The zero-order chi connectivity index (χ0) is 14.3. The number of halogens is 2. The van der Waals surface area contributed by atoms with Crippen molar-refractivity contribution in [2.45, 2.75) is 34.6 Å². The minimum absolute atomic E-state index is 0.333. The summed E-state index contributed by atoms with van der Waals surface area (Å²) in [4.78, 5) is 1.27. The summed E-state index contributed by atoms with van der Waals surface area (Å²) in [5, 5.41) is 5.28. The molecule has 0 aliphatic rings.